The van der Waals surface area contributed by atoms with Gasteiger partial charge in [0.2, 0.25) is 0 Å². The minimum Gasteiger partial charge on any atom is -0.331 e. The number of nitrogens with one attached hydrogen (secondary N) is 1. The Hall–Kier alpha value is -0.830. The lowest BCUT2D eigenvalue weighted by Crippen LogP contribution is -2.26. The number of imidazole rings is 1. The van der Waals surface area contributed by atoms with Gasteiger partial charge in [-0.15, -0.1) is 0 Å². The molecule has 1 aliphatic carbocycles. The molecule has 0 aromatic carbocycles. The van der Waals surface area contributed by atoms with Crippen LogP contribution in [-0.2, 0) is 24.9 Å². The summed E-state index contributed by atoms with van der Waals surface area (Å²) < 4.78 is 2.57. The number of nitrogens with zero attached hydrogens (tertiary/aromatic N) is 2. The van der Waals surface area contributed by atoms with Crippen LogP contribution in [0.25, 0.3) is 0 Å². The Morgan fingerprint density at radius 3 is 2.67 bits per heavy atom. The van der Waals surface area contributed by atoms with Crippen molar-refractivity contribution in [3.63, 3.8) is 0 Å². The molecule has 0 saturated heterocycles. The van der Waals surface area contributed by atoms with Gasteiger partial charge < -0.3 is 9.88 Å². The van der Waals surface area contributed by atoms with E-state index in [2.05, 4.69) is 30.7 Å². The first kappa shape index (κ1) is 15.1. The highest BCUT2D eigenvalue weighted by atomic mass is 15.1. The van der Waals surface area contributed by atoms with Crippen molar-refractivity contribution in [1.29, 1.82) is 0 Å². The van der Waals surface area contributed by atoms with Gasteiger partial charge in [-0.2, -0.15) is 0 Å². The molecule has 3 heteroatoms. The summed E-state index contributed by atoms with van der Waals surface area (Å²) in [6, 6.07) is 0. The fourth-order valence-electron chi connectivity index (χ4n) is 3.97. The summed E-state index contributed by atoms with van der Waals surface area (Å²) in [6.07, 6.45) is 9.73. The van der Waals surface area contributed by atoms with E-state index in [0.29, 0.717) is 0 Å². The van der Waals surface area contributed by atoms with Gasteiger partial charge >= 0.3 is 0 Å². The summed E-state index contributed by atoms with van der Waals surface area (Å²) in [5.41, 5.74) is 2.95. The lowest BCUT2D eigenvalue weighted by molar-refractivity contribution is 0.317. The molecule has 2 aliphatic rings. The van der Waals surface area contributed by atoms with E-state index in [0.717, 1.165) is 25.4 Å². The number of fused-ring (bicyclic) bond motifs is 1. The molecule has 0 radical (unpaired) electrons. The summed E-state index contributed by atoms with van der Waals surface area (Å²) in [6.45, 7) is 10.1. The third-order valence-corrected chi connectivity index (χ3v) is 5.14. The van der Waals surface area contributed by atoms with E-state index in [1.165, 1.54) is 62.3 Å². The lowest BCUT2D eigenvalue weighted by Gasteiger charge is -2.25. The maximum Gasteiger partial charge on any atom is 0.114 e. The van der Waals surface area contributed by atoms with Crippen LogP contribution in [0.15, 0.2) is 0 Å². The Balaban J connectivity index is 1.79. The van der Waals surface area contributed by atoms with Crippen molar-refractivity contribution in [2.75, 3.05) is 6.54 Å². The Bertz CT molecular complexity index is 475. The molecule has 0 spiro atoms. The van der Waals surface area contributed by atoms with Crippen LogP contribution < -0.4 is 5.32 Å². The van der Waals surface area contributed by atoms with Gasteiger partial charge in [-0.05, 0) is 12.3 Å². The standard InChI is InChI=1S/C18H31N3/c1-18(2,3)17-20-15-13-19-11-9-16(15)21(17)12-10-14-7-5-4-6-8-14/h14,19H,4-13H2,1-3H3. The van der Waals surface area contributed by atoms with Gasteiger partial charge in [0, 0.05) is 37.2 Å². The Morgan fingerprint density at radius 1 is 1.19 bits per heavy atom. The Labute approximate surface area is 129 Å². The van der Waals surface area contributed by atoms with Crippen LogP contribution in [-0.4, -0.2) is 16.1 Å². The molecule has 1 saturated carbocycles. The van der Waals surface area contributed by atoms with Gasteiger partial charge in [-0.1, -0.05) is 52.9 Å². The van der Waals surface area contributed by atoms with E-state index < -0.39 is 0 Å². The van der Waals surface area contributed by atoms with Crippen molar-refractivity contribution >= 4 is 0 Å². The smallest absolute Gasteiger partial charge is 0.114 e. The van der Waals surface area contributed by atoms with Crippen LogP contribution in [0, 0.1) is 5.92 Å². The third-order valence-electron chi connectivity index (χ3n) is 5.14. The highest BCUT2D eigenvalue weighted by Gasteiger charge is 2.27. The second-order valence-electron chi connectivity index (χ2n) is 7.95. The predicted molar refractivity (Wildman–Crippen MR) is 87.5 cm³/mol. The zero-order valence-corrected chi connectivity index (χ0v) is 14.0. The van der Waals surface area contributed by atoms with E-state index in [1.807, 2.05) is 0 Å². The summed E-state index contributed by atoms with van der Waals surface area (Å²) in [5.74, 6) is 2.25. The van der Waals surface area contributed by atoms with Crippen LogP contribution in [0.2, 0.25) is 0 Å². The van der Waals surface area contributed by atoms with Gasteiger partial charge in [-0.3, -0.25) is 0 Å². The Kier molecular flexibility index (Phi) is 4.39. The molecule has 1 aromatic heterocycles. The van der Waals surface area contributed by atoms with Gasteiger partial charge in [0.15, 0.2) is 0 Å². The fourth-order valence-corrected chi connectivity index (χ4v) is 3.97. The van der Waals surface area contributed by atoms with Crippen molar-refractivity contribution in [2.24, 2.45) is 5.92 Å². The molecule has 21 heavy (non-hydrogen) atoms. The molecule has 0 amide bonds. The van der Waals surface area contributed by atoms with E-state index in [1.54, 1.807) is 0 Å². The average Bonchev–Trinajstić information content (AvgIpc) is 2.85. The average molecular weight is 289 g/mol. The largest absolute Gasteiger partial charge is 0.331 e. The molecule has 1 aliphatic heterocycles. The van der Waals surface area contributed by atoms with Crippen LogP contribution in [0.3, 0.4) is 0 Å². The van der Waals surface area contributed by atoms with Crippen molar-refractivity contribution in [2.45, 2.75) is 84.2 Å². The number of aromatic nitrogens is 2. The molecule has 118 valence electrons. The summed E-state index contributed by atoms with van der Waals surface area (Å²) >= 11 is 0. The van der Waals surface area contributed by atoms with Crippen LogP contribution in [0.4, 0.5) is 0 Å². The molecule has 0 atom stereocenters. The van der Waals surface area contributed by atoms with Crippen LogP contribution >= 0.6 is 0 Å². The molecule has 1 N–H and O–H groups in total. The Morgan fingerprint density at radius 2 is 1.95 bits per heavy atom. The summed E-state index contributed by atoms with van der Waals surface area (Å²) in [7, 11) is 0. The highest BCUT2D eigenvalue weighted by molar-refractivity contribution is 5.23. The summed E-state index contributed by atoms with van der Waals surface area (Å²) in [5, 5.41) is 3.46. The first-order valence-electron chi connectivity index (χ1n) is 8.85. The minimum atomic E-state index is 0.143. The molecule has 0 bridgehead atoms. The zero-order chi connectivity index (χ0) is 14.9. The molecule has 0 unspecified atom stereocenters. The molecule has 2 heterocycles. The minimum absolute atomic E-state index is 0.143. The first-order chi connectivity index (χ1) is 10.1. The van der Waals surface area contributed by atoms with Gasteiger partial charge in [0.25, 0.3) is 0 Å². The molecule has 3 nitrogen and oxygen atoms in total. The van der Waals surface area contributed by atoms with Crippen LogP contribution in [0.1, 0.15) is 76.5 Å². The normalized spacial score (nSPS) is 20.5. The summed E-state index contributed by atoms with van der Waals surface area (Å²) in [4.78, 5) is 4.99. The topological polar surface area (TPSA) is 29.9 Å². The van der Waals surface area contributed by atoms with Crippen molar-refractivity contribution < 1.29 is 0 Å². The molecule has 3 rings (SSSR count). The second-order valence-corrected chi connectivity index (χ2v) is 7.95. The first-order valence-corrected chi connectivity index (χ1v) is 8.85. The van der Waals surface area contributed by atoms with E-state index in [4.69, 9.17) is 4.98 Å². The van der Waals surface area contributed by atoms with E-state index >= 15 is 0 Å². The maximum absolute atomic E-state index is 4.99. The SMILES string of the molecule is CC(C)(C)c1nc2c(n1CCC1CCCCC1)CCNC2. The molecule has 1 aromatic rings. The number of rotatable bonds is 3. The second kappa shape index (κ2) is 6.12. The number of hydrogen-bond acceptors (Lipinski definition) is 2. The third kappa shape index (κ3) is 3.33. The van der Waals surface area contributed by atoms with Crippen molar-refractivity contribution in [3.05, 3.63) is 17.2 Å². The molecular weight excluding hydrogens is 258 g/mol. The fraction of sp³-hybridized carbons (Fsp3) is 0.833. The van der Waals surface area contributed by atoms with Gasteiger partial charge in [-0.25, -0.2) is 4.98 Å². The van der Waals surface area contributed by atoms with Crippen molar-refractivity contribution in [3.8, 4) is 0 Å². The lowest BCUT2D eigenvalue weighted by atomic mass is 9.87. The number of hydrogen-bond donors (Lipinski definition) is 1. The van der Waals surface area contributed by atoms with Gasteiger partial charge in [0.1, 0.15) is 5.82 Å². The zero-order valence-electron chi connectivity index (χ0n) is 14.0. The van der Waals surface area contributed by atoms with Gasteiger partial charge in [0.05, 0.1) is 5.69 Å². The predicted octanol–water partition coefficient (Wildman–Crippen LogP) is 3.80. The van der Waals surface area contributed by atoms with Crippen LogP contribution in [0.5, 0.6) is 0 Å². The monoisotopic (exact) mass is 289 g/mol. The highest BCUT2D eigenvalue weighted by Crippen LogP contribution is 2.30. The molecular formula is C18H31N3. The molecule has 1 fully saturated rings. The van der Waals surface area contributed by atoms with Crippen molar-refractivity contribution in [1.82, 2.24) is 14.9 Å². The van der Waals surface area contributed by atoms with E-state index in [9.17, 15) is 0 Å². The van der Waals surface area contributed by atoms with E-state index in [-0.39, 0.29) is 5.41 Å². The quantitative estimate of drug-likeness (QED) is 0.917. The maximum atomic E-state index is 4.99.